The maximum atomic E-state index is 14.7. The summed E-state index contributed by atoms with van der Waals surface area (Å²) >= 11 is 0. The molecule has 1 N–H and O–H groups in total. The average Bonchev–Trinajstić information content (AvgIpc) is 3.54. The number of hydrogen-bond acceptors (Lipinski definition) is 7. The van der Waals surface area contributed by atoms with Gasteiger partial charge < -0.3 is 14.8 Å². The van der Waals surface area contributed by atoms with Crippen LogP contribution in [-0.2, 0) is 6.61 Å². The summed E-state index contributed by atoms with van der Waals surface area (Å²) in [6.07, 6.45) is 8.82. The first-order chi connectivity index (χ1) is 21.0. The molecule has 3 aromatic carbocycles. The topological polar surface area (TPSA) is 104 Å². The summed E-state index contributed by atoms with van der Waals surface area (Å²) in [5, 5.41) is 11.6. The summed E-state index contributed by atoms with van der Waals surface area (Å²) in [6, 6.07) is 15.0. The number of fused-ring (bicyclic) bond motifs is 1. The summed E-state index contributed by atoms with van der Waals surface area (Å²) in [7, 11) is 1.55. The first-order valence-electron chi connectivity index (χ1n) is 14.1. The highest BCUT2D eigenvalue weighted by Gasteiger charge is 2.25. The number of carbonyl (C=O) groups is 1. The molecule has 0 saturated heterocycles. The smallest absolute Gasteiger partial charge is 0.251 e. The van der Waals surface area contributed by atoms with E-state index in [9.17, 15) is 13.6 Å². The third-order valence-corrected chi connectivity index (χ3v) is 7.82. The molecule has 11 heteroatoms. The van der Waals surface area contributed by atoms with E-state index in [1.165, 1.54) is 0 Å². The maximum absolute atomic E-state index is 14.7. The molecule has 6 rings (SSSR count). The number of aromatic nitrogens is 5. The fraction of sp³-hybridized carbons (Fsp3) is 0.281. The summed E-state index contributed by atoms with van der Waals surface area (Å²) in [5.74, 6) is -1.98. The zero-order valence-electron chi connectivity index (χ0n) is 23.5. The first kappa shape index (κ1) is 28.2. The van der Waals surface area contributed by atoms with E-state index in [1.54, 1.807) is 43.8 Å². The second-order valence-electron chi connectivity index (χ2n) is 10.6. The fourth-order valence-electron chi connectivity index (χ4n) is 5.37. The third-order valence-electron chi connectivity index (χ3n) is 7.82. The molecular formula is C32H30F2N6O3. The number of amides is 1. The van der Waals surface area contributed by atoms with Crippen molar-refractivity contribution >= 4 is 16.9 Å². The third kappa shape index (κ3) is 6.45. The second kappa shape index (κ2) is 12.5. The molecule has 5 aromatic rings. The number of hydrogen-bond donors (Lipinski definition) is 1. The second-order valence-corrected chi connectivity index (χ2v) is 10.6. The van der Waals surface area contributed by atoms with E-state index in [2.05, 4.69) is 25.6 Å². The van der Waals surface area contributed by atoms with Gasteiger partial charge in [-0.25, -0.2) is 13.5 Å². The SMILES string of the molecule is COc1ccc(COc2c(F)cc(C(=O)NC[C@H]3CC[C@H](n4cc(-c5ccc6nccnc6c5)nn4)CC3)cc2F)cc1. The molecule has 1 amide bonds. The molecule has 0 bridgehead atoms. The van der Waals surface area contributed by atoms with Gasteiger partial charge in [0.15, 0.2) is 17.4 Å². The van der Waals surface area contributed by atoms with E-state index in [1.807, 2.05) is 29.1 Å². The van der Waals surface area contributed by atoms with Crippen molar-refractivity contribution in [3.63, 3.8) is 0 Å². The number of ether oxygens (including phenoxy) is 2. The van der Waals surface area contributed by atoms with Gasteiger partial charge in [0, 0.05) is 30.1 Å². The van der Waals surface area contributed by atoms with Gasteiger partial charge in [-0.1, -0.05) is 23.4 Å². The van der Waals surface area contributed by atoms with Crippen LogP contribution in [0.3, 0.4) is 0 Å². The van der Waals surface area contributed by atoms with Crippen LogP contribution < -0.4 is 14.8 Å². The number of methoxy groups -OCH3 is 1. The standard InChI is InChI=1S/C32H30F2N6O3/c1-42-25-9-4-21(5-10-25)19-43-31-26(33)14-23(15-27(31)34)32(41)37-17-20-2-7-24(8-3-20)40-18-30(38-39-40)22-6-11-28-29(16-22)36-13-12-35-28/h4-6,9-16,18,20,24H,2-3,7-8,17,19H2,1H3,(H,37,41)/t20-,24-. The van der Waals surface area contributed by atoms with Crippen LogP contribution in [0.1, 0.15) is 47.6 Å². The Bertz CT molecular complexity index is 1710. The molecule has 1 fully saturated rings. The molecule has 220 valence electrons. The lowest BCUT2D eigenvalue weighted by molar-refractivity contribution is 0.0940. The number of benzene rings is 3. The van der Waals surface area contributed by atoms with E-state index in [-0.39, 0.29) is 24.1 Å². The summed E-state index contributed by atoms with van der Waals surface area (Å²) in [4.78, 5) is 21.4. The highest BCUT2D eigenvalue weighted by atomic mass is 19.1. The Morgan fingerprint density at radius 2 is 1.67 bits per heavy atom. The summed E-state index contributed by atoms with van der Waals surface area (Å²) in [6.45, 7) is 0.395. The predicted octanol–water partition coefficient (Wildman–Crippen LogP) is 5.92. The minimum Gasteiger partial charge on any atom is -0.497 e. The zero-order chi connectivity index (χ0) is 29.8. The Labute approximate surface area is 246 Å². The Kier molecular flexibility index (Phi) is 8.21. The number of nitrogens with one attached hydrogen (secondary N) is 1. The van der Waals surface area contributed by atoms with Crippen molar-refractivity contribution in [3.05, 3.63) is 95.9 Å². The lowest BCUT2D eigenvalue weighted by atomic mass is 9.86. The van der Waals surface area contributed by atoms with E-state index >= 15 is 0 Å². The van der Waals surface area contributed by atoms with Crippen LogP contribution in [0.15, 0.2) is 73.2 Å². The van der Waals surface area contributed by atoms with Crippen LogP contribution >= 0.6 is 0 Å². The zero-order valence-corrected chi connectivity index (χ0v) is 23.5. The minimum atomic E-state index is -0.928. The number of nitrogens with zero attached hydrogens (tertiary/aromatic N) is 5. The summed E-state index contributed by atoms with van der Waals surface area (Å²) < 4.78 is 41.8. The van der Waals surface area contributed by atoms with Gasteiger partial charge in [0.1, 0.15) is 18.1 Å². The molecule has 0 aliphatic heterocycles. The van der Waals surface area contributed by atoms with Crippen LogP contribution in [0.4, 0.5) is 8.78 Å². The number of halogens is 2. The fourth-order valence-corrected chi connectivity index (χ4v) is 5.37. The average molecular weight is 585 g/mol. The molecule has 0 spiro atoms. The molecule has 1 saturated carbocycles. The summed E-state index contributed by atoms with van der Waals surface area (Å²) in [5.41, 5.74) is 3.97. The lowest BCUT2D eigenvalue weighted by Gasteiger charge is -2.28. The molecule has 0 unspecified atom stereocenters. The molecule has 2 aromatic heterocycles. The first-order valence-corrected chi connectivity index (χ1v) is 14.1. The van der Waals surface area contributed by atoms with Crippen molar-refractivity contribution in [2.24, 2.45) is 5.92 Å². The Morgan fingerprint density at radius 3 is 2.40 bits per heavy atom. The van der Waals surface area contributed by atoms with Crippen LogP contribution in [-0.4, -0.2) is 44.5 Å². The number of rotatable bonds is 9. The van der Waals surface area contributed by atoms with E-state index in [0.29, 0.717) is 12.3 Å². The Balaban J connectivity index is 0.995. The van der Waals surface area contributed by atoms with Gasteiger partial charge >= 0.3 is 0 Å². The molecule has 9 nitrogen and oxygen atoms in total. The molecule has 0 radical (unpaired) electrons. The maximum Gasteiger partial charge on any atom is 0.251 e. The van der Waals surface area contributed by atoms with Gasteiger partial charge in [-0.15, -0.1) is 5.10 Å². The van der Waals surface area contributed by atoms with Crippen molar-refractivity contribution in [3.8, 4) is 22.8 Å². The van der Waals surface area contributed by atoms with Crippen molar-refractivity contribution < 1.29 is 23.0 Å². The Morgan fingerprint density at radius 1 is 0.953 bits per heavy atom. The van der Waals surface area contributed by atoms with Gasteiger partial charge in [-0.05, 0) is 73.6 Å². The van der Waals surface area contributed by atoms with E-state index in [0.717, 1.165) is 65.7 Å². The van der Waals surface area contributed by atoms with Crippen molar-refractivity contribution in [1.82, 2.24) is 30.3 Å². The predicted molar refractivity (Wildman–Crippen MR) is 156 cm³/mol. The Hall–Kier alpha value is -4.93. The van der Waals surface area contributed by atoms with Crippen molar-refractivity contribution in [2.45, 2.75) is 38.3 Å². The molecule has 43 heavy (non-hydrogen) atoms. The van der Waals surface area contributed by atoms with Crippen LogP contribution in [0.25, 0.3) is 22.3 Å². The van der Waals surface area contributed by atoms with Crippen molar-refractivity contribution in [1.29, 1.82) is 0 Å². The molecule has 1 aliphatic rings. The molecular weight excluding hydrogens is 554 g/mol. The molecule has 0 atom stereocenters. The molecule has 2 heterocycles. The van der Waals surface area contributed by atoms with Gasteiger partial charge in [0.25, 0.3) is 5.91 Å². The lowest BCUT2D eigenvalue weighted by Crippen LogP contribution is -2.32. The van der Waals surface area contributed by atoms with Gasteiger partial charge in [-0.2, -0.15) is 0 Å². The van der Waals surface area contributed by atoms with Crippen LogP contribution in [0.5, 0.6) is 11.5 Å². The highest BCUT2D eigenvalue weighted by Crippen LogP contribution is 2.32. The quantitative estimate of drug-likeness (QED) is 0.230. The largest absolute Gasteiger partial charge is 0.497 e. The van der Waals surface area contributed by atoms with Crippen molar-refractivity contribution in [2.75, 3.05) is 13.7 Å². The minimum absolute atomic E-state index is 0.0272. The van der Waals surface area contributed by atoms with Crippen LogP contribution in [0, 0.1) is 17.6 Å². The van der Waals surface area contributed by atoms with Crippen LogP contribution in [0.2, 0.25) is 0 Å². The molecule has 1 aliphatic carbocycles. The monoisotopic (exact) mass is 584 g/mol. The van der Waals surface area contributed by atoms with Gasteiger partial charge in [0.05, 0.1) is 30.4 Å². The van der Waals surface area contributed by atoms with Gasteiger partial charge in [-0.3, -0.25) is 14.8 Å². The normalized spacial score (nSPS) is 16.6. The van der Waals surface area contributed by atoms with Gasteiger partial charge in [0.2, 0.25) is 0 Å². The van der Waals surface area contributed by atoms with E-state index in [4.69, 9.17) is 9.47 Å². The number of carbonyl (C=O) groups excluding carboxylic acids is 1. The highest BCUT2D eigenvalue weighted by molar-refractivity contribution is 5.94. The van der Waals surface area contributed by atoms with E-state index < -0.39 is 23.3 Å².